The van der Waals surface area contributed by atoms with Crippen molar-refractivity contribution in [3.63, 3.8) is 0 Å². The number of aromatic nitrogens is 4. The van der Waals surface area contributed by atoms with E-state index in [0.717, 1.165) is 16.9 Å². The van der Waals surface area contributed by atoms with Gasteiger partial charge in [-0.2, -0.15) is 4.98 Å². The molecule has 0 amide bonds. The van der Waals surface area contributed by atoms with Gasteiger partial charge < -0.3 is 9.84 Å². The van der Waals surface area contributed by atoms with Crippen LogP contribution in [0.3, 0.4) is 0 Å². The monoisotopic (exact) mass is 241 g/mol. The minimum absolute atomic E-state index is 0.677. The highest BCUT2D eigenvalue weighted by Crippen LogP contribution is 2.11. The van der Waals surface area contributed by atoms with Crippen LogP contribution >= 0.6 is 0 Å². The zero-order chi connectivity index (χ0) is 12.2. The lowest BCUT2D eigenvalue weighted by Gasteiger charge is -2.04. The second kappa shape index (κ2) is 4.79. The van der Waals surface area contributed by atoms with Crippen molar-refractivity contribution < 1.29 is 4.52 Å². The Balaban J connectivity index is 1.67. The van der Waals surface area contributed by atoms with Crippen LogP contribution in [0.4, 0.5) is 5.82 Å². The van der Waals surface area contributed by atoms with Crippen LogP contribution in [0.2, 0.25) is 0 Å². The average Bonchev–Trinajstić information content (AvgIpc) is 2.92. The second-order valence-electron chi connectivity index (χ2n) is 3.77. The molecular weight excluding hydrogens is 230 g/mol. The minimum atomic E-state index is 0.677. The topological polar surface area (TPSA) is 76.7 Å². The molecule has 0 saturated heterocycles. The zero-order valence-electron chi connectivity index (χ0n) is 9.58. The van der Waals surface area contributed by atoms with E-state index < -0.39 is 0 Å². The lowest BCUT2D eigenvalue weighted by molar-refractivity contribution is 0.410. The van der Waals surface area contributed by atoms with Crippen molar-refractivity contribution in [1.29, 1.82) is 0 Å². The third-order valence-electron chi connectivity index (χ3n) is 2.51. The van der Waals surface area contributed by atoms with Crippen LogP contribution in [0.25, 0.3) is 11.0 Å². The first-order chi connectivity index (χ1) is 8.92. The number of nitrogens with zero attached hydrogens (tertiary/aromatic N) is 4. The summed E-state index contributed by atoms with van der Waals surface area (Å²) in [5.74, 6) is 1.42. The fourth-order valence-corrected chi connectivity index (χ4v) is 1.65. The van der Waals surface area contributed by atoms with E-state index in [1.807, 2.05) is 24.3 Å². The van der Waals surface area contributed by atoms with Crippen LogP contribution in [-0.4, -0.2) is 26.7 Å². The molecule has 3 rings (SSSR count). The second-order valence-corrected chi connectivity index (χ2v) is 3.77. The number of para-hydroxylation sites is 2. The Hall–Kier alpha value is -2.50. The predicted molar refractivity (Wildman–Crippen MR) is 66.0 cm³/mol. The molecule has 0 bridgehead atoms. The van der Waals surface area contributed by atoms with Crippen LogP contribution in [-0.2, 0) is 6.42 Å². The normalized spacial score (nSPS) is 10.7. The molecule has 0 aliphatic rings. The Morgan fingerprint density at radius 3 is 2.83 bits per heavy atom. The molecule has 2 heterocycles. The number of fused-ring (bicyclic) bond motifs is 1. The molecule has 6 nitrogen and oxygen atoms in total. The summed E-state index contributed by atoms with van der Waals surface area (Å²) in [6, 6.07) is 7.76. The zero-order valence-corrected chi connectivity index (χ0v) is 9.58. The number of benzene rings is 1. The minimum Gasteiger partial charge on any atom is -0.368 e. The molecular formula is C12H11N5O. The van der Waals surface area contributed by atoms with Gasteiger partial charge in [-0.25, -0.2) is 4.98 Å². The van der Waals surface area contributed by atoms with Crippen LogP contribution in [0, 0.1) is 0 Å². The fourth-order valence-electron chi connectivity index (χ4n) is 1.65. The van der Waals surface area contributed by atoms with Crippen LogP contribution in [0.5, 0.6) is 0 Å². The average molecular weight is 241 g/mol. The number of rotatable bonds is 4. The van der Waals surface area contributed by atoms with Crippen molar-refractivity contribution in [1.82, 2.24) is 20.1 Å². The van der Waals surface area contributed by atoms with Crippen LogP contribution in [0.1, 0.15) is 5.82 Å². The van der Waals surface area contributed by atoms with Gasteiger partial charge in [-0.15, -0.1) is 0 Å². The molecule has 2 aromatic heterocycles. The van der Waals surface area contributed by atoms with E-state index in [1.165, 1.54) is 6.39 Å². The molecule has 0 aliphatic heterocycles. The maximum Gasteiger partial charge on any atom is 0.213 e. The van der Waals surface area contributed by atoms with Crippen molar-refractivity contribution in [2.75, 3.05) is 11.9 Å². The Morgan fingerprint density at radius 2 is 2.00 bits per heavy atom. The first-order valence-electron chi connectivity index (χ1n) is 5.63. The highest BCUT2D eigenvalue weighted by Gasteiger charge is 2.00. The third-order valence-corrected chi connectivity index (χ3v) is 2.51. The van der Waals surface area contributed by atoms with Gasteiger partial charge in [0.1, 0.15) is 5.82 Å². The molecule has 0 atom stereocenters. The Morgan fingerprint density at radius 1 is 1.11 bits per heavy atom. The Bertz CT molecular complexity index is 638. The van der Waals surface area contributed by atoms with Gasteiger partial charge in [0.05, 0.1) is 17.2 Å². The summed E-state index contributed by atoms with van der Waals surface area (Å²) < 4.78 is 4.66. The standard InChI is InChI=1S/C12H11N5O/c1-2-4-10-9(3-1)14-7-12(16-10)13-6-5-11-15-8-18-17-11/h1-4,7-8H,5-6H2,(H,13,16). The Labute approximate surface area is 103 Å². The van der Waals surface area contributed by atoms with E-state index >= 15 is 0 Å². The van der Waals surface area contributed by atoms with Crippen LogP contribution in [0.15, 0.2) is 41.4 Å². The van der Waals surface area contributed by atoms with Crippen molar-refractivity contribution in [2.24, 2.45) is 0 Å². The molecule has 1 aromatic carbocycles. The third kappa shape index (κ3) is 2.27. The molecule has 0 spiro atoms. The number of nitrogens with one attached hydrogen (secondary N) is 1. The van der Waals surface area contributed by atoms with E-state index in [4.69, 9.17) is 0 Å². The van der Waals surface area contributed by atoms with Gasteiger partial charge in [-0.05, 0) is 12.1 Å². The van der Waals surface area contributed by atoms with Gasteiger partial charge >= 0.3 is 0 Å². The van der Waals surface area contributed by atoms with Gasteiger partial charge in [0, 0.05) is 13.0 Å². The van der Waals surface area contributed by atoms with E-state index in [0.29, 0.717) is 18.8 Å². The summed E-state index contributed by atoms with van der Waals surface area (Å²) in [7, 11) is 0. The summed E-state index contributed by atoms with van der Waals surface area (Å²) in [4.78, 5) is 12.7. The highest BCUT2D eigenvalue weighted by molar-refractivity contribution is 5.75. The molecule has 6 heteroatoms. The molecule has 18 heavy (non-hydrogen) atoms. The van der Waals surface area contributed by atoms with Crippen molar-refractivity contribution >= 4 is 16.9 Å². The van der Waals surface area contributed by atoms with Crippen molar-refractivity contribution in [2.45, 2.75) is 6.42 Å². The smallest absolute Gasteiger partial charge is 0.213 e. The molecule has 0 saturated carbocycles. The van der Waals surface area contributed by atoms with Crippen molar-refractivity contribution in [3.05, 3.63) is 42.7 Å². The van der Waals surface area contributed by atoms with E-state index in [-0.39, 0.29) is 0 Å². The molecule has 0 unspecified atom stereocenters. The van der Waals surface area contributed by atoms with Gasteiger partial charge in [0.2, 0.25) is 6.39 Å². The Kier molecular flexibility index (Phi) is 2.83. The van der Waals surface area contributed by atoms with Gasteiger partial charge in [-0.1, -0.05) is 17.3 Å². The predicted octanol–water partition coefficient (Wildman–Crippen LogP) is 1.67. The fraction of sp³-hybridized carbons (Fsp3) is 0.167. The number of anilines is 1. The van der Waals surface area contributed by atoms with Gasteiger partial charge in [0.15, 0.2) is 5.82 Å². The first-order valence-corrected chi connectivity index (χ1v) is 5.63. The maximum atomic E-state index is 4.66. The van der Waals surface area contributed by atoms with Crippen LogP contribution < -0.4 is 5.32 Å². The summed E-state index contributed by atoms with van der Waals surface area (Å²) in [5.41, 5.74) is 1.77. The number of hydrogen-bond acceptors (Lipinski definition) is 6. The lowest BCUT2D eigenvalue weighted by Crippen LogP contribution is -2.07. The first kappa shape index (κ1) is 10.6. The molecule has 0 radical (unpaired) electrons. The summed E-state index contributed by atoms with van der Waals surface area (Å²) in [6.45, 7) is 0.687. The SMILES string of the molecule is c1ccc2nc(NCCc3ncon3)cnc2c1. The summed E-state index contributed by atoms with van der Waals surface area (Å²) in [5, 5.41) is 6.91. The highest BCUT2D eigenvalue weighted by atomic mass is 16.5. The van der Waals surface area contributed by atoms with E-state index in [2.05, 4.69) is 29.9 Å². The quantitative estimate of drug-likeness (QED) is 0.748. The summed E-state index contributed by atoms with van der Waals surface area (Å²) >= 11 is 0. The lowest BCUT2D eigenvalue weighted by atomic mass is 10.3. The molecule has 90 valence electrons. The van der Waals surface area contributed by atoms with E-state index in [1.54, 1.807) is 6.20 Å². The molecule has 0 fully saturated rings. The molecule has 3 aromatic rings. The summed E-state index contributed by atoms with van der Waals surface area (Å²) in [6.07, 6.45) is 3.73. The van der Waals surface area contributed by atoms with Gasteiger partial charge in [0.25, 0.3) is 0 Å². The van der Waals surface area contributed by atoms with Crippen molar-refractivity contribution in [3.8, 4) is 0 Å². The maximum absolute atomic E-state index is 4.66. The molecule has 0 aliphatic carbocycles. The van der Waals surface area contributed by atoms with E-state index in [9.17, 15) is 0 Å². The number of hydrogen-bond donors (Lipinski definition) is 1. The molecule has 1 N–H and O–H groups in total. The largest absolute Gasteiger partial charge is 0.368 e. The van der Waals surface area contributed by atoms with Gasteiger partial charge in [-0.3, -0.25) is 4.98 Å².